The smallest absolute Gasteiger partial charge is 0.303 e. The average Bonchev–Trinajstić information content (AvgIpc) is 3.33. The fraction of sp³-hybridized carbons (Fsp3) is 0.682. The van der Waals surface area contributed by atoms with Crippen molar-refractivity contribution in [3.8, 4) is 0 Å². The molecule has 3 nitrogen and oxygen atoms in total. The Balaban J connectivity index is 1.89. The van der Waals surface area contributed by atoms with Crippen LogP contribution in [0, 0.1) is 0 Å². The first-order chi connectivity index (χ1) is 12.2. The van der Waals surface area contributed by atoms with Gasteiger partial charge >= 0.3 is 5.97 Å². The van der Waals surface area contributed by atoms with Crippen molar-refractivity contribution in [2.24, 2.45) is 0 Å². The zero-order chi connectivity index (χ0) is 18.2. The molecule has 1 fully saturated rings. The van der Waals surface area contributed by atoms with Crippen LogP contribution in [0.5, 0.6) is 0 Å². The lowest BCUT2D eigenvalue weighted by atomic mass is 10.1. The van der Waals surface area contributed by atoms with Crippen LogP contribution in [0.15, 0.2) is 36.5 Å². The molecule has 0 spiro atoms. The second kappa shape index (κ2) is 14.9. The Bertz CT molecular complexity index is 423. The molecule has 2 atom stereocenters. The van der Waals surface area contributed by atoms with E-state index in [9.17, 15) is 4.79 Å². The van der Waals surface area contributed by atoms with Gasteiger partial charge in [-0.15, -0.1) is 0 Å². The molecule has 0 saturated carbocycles. The van der Waals surface area contributed by atoms with E-state index in [1.165, 1.54) is 25.7 Å². The van der Waals surface area contributed by atoms with E-state index in [1.807, 2.05) is 0 Å². The van der Waals surface area contributed by atoms with Gasteiger partial charge in [-0.05, 0) is 44.9 Å². The van der Waals surface area contributed by atoms with Crippen LogP contribution < -0.4 is 0 Å². The quantitative estimate of drug-likeness (QED) is 0.205. The highest BCUT2D eigenvalue weighted by Crippen LogP contribution is 2.30. The second-order valence-corrected chi connectivity index (χ2v) is 6.82. The van der Waals surface area contributed by atoms with Crippen LogP contribution in [-0.2, 0) is 9.53 Å². The molecule has 0 aliphatic carbocycles. The molecule has 25 heavy (non-hydrogen) atoms. The molecule has 0 bridgehead atoms. The van der Waals surface area contributed by atoms with Gasteiger partial charge in [-0.25, -0.2) is 0 Å². The number of rotatable bonds is 16. The number of ether oxygens (including phenoxy) is 1. The Morgan fingerprint density at radius 2 is 1.60 bits per heavy atom. The van der Waals surface area contributed by atoms with E-state index in [0.29, 0.717) is 18.6 Å². The number of hydrogen-bond donors (Lipinski definition) is 1. The summed E-state index contributed by atoms with van der Waals surface area (Å²) in [5, 5.41) is 8.58. The average molecular weight is 349 g/mol. The van der Waals surface area contributed by atoms with Gasteiger partial charge < -0.3 is 9.84 Å². The Labute approximate surface area is 153 Å². The summed E-state index contributed by atoms with van der Waals surface area (Å²) in [7, 11) is 0. The highest BCUT2D eigenvalue weighted by Gasteiger charge is 2.36. The first-order valence-electron chi connectivity index (χ1n) is 10.1. The number of carboxylic acid groups (broad SMARTS) is 1. The Morgan fingerprint density at radius 3 is 2.32 bits per heavy atom. The van der Waals surface area contributed by atoms with Gasteiger partial charge in [-0.1, -0.05) is 69.1 Å². The van der Waals surface area contributed by atoms with Crippen LogP contribution in [0.2, 0.25) is 0 Å². The molecule has 0 radical (unpaired) electrons. The van der Waals surface area contributed by atoms with Gasteiger partial charge in [-0.2, -0.15) is 0 Å². The van der Waals surface area contributed by atoms with Gasteiger partial charge in [-0.3, -0.25) is 4.79 Å². The molecular formula is C22H36O3. The van der Waals surface area contributed by atoms with Gasteiger partial charge in [0.05, 0.1) is 12.2 Å². The summed E-state index contributed by atoms with van der Waals surface area (Å²) in [6.45, 7) is 2.24. The van der Waals surface area contributed by atoms with Crippen molar-refractivity contribution < 1.29 is 14.6 Å². The van der Waals surface area contributed by atoms with Gasteiger partial charge in [0, 0.05) is 6.42 Å². The maximum atomic E-state index is 10.4. The van der Waals surface area contributed by atoms with Crippen LogP contribution in [0.1, 0.15) is 84.0 Å². The highest BCUT2D eigenvalue weighted by molar-refractivity contribution is 5.66. The monoisotopic (exact) mass is 348 g/mol. The van der Waals surface area contributed by atoms with Crippen molar-refractivity contribution in [3.05, 3.63) is 36.5 Å². The van der Waals surface area contributed by atoms with Crippen LogP contribution in [0.3, 0.4) is 0 Å². The van der Waals surface area contributed by atoms with Crippen LogP contribution in [-0.4, -0.2) is 23.3 Å². The van der Waals surface area contributed by atoms with E-state index >= 15 is 0 Å². The molecule has 3 heteroatoms. The SMILES string of the molecule is CCCCC/C=C\C/C=C\C/C=C\C[C@H]1O[C@H]1CCCCCC(=O)O. The Hall–Kier alpha value is -1.35. The third-order valence-corrected chi connectivity index (χ3v) is 4.45. The minimum absolute atomic E-state index is 0.292. The van der Waals surface area contributed by atoms with Crippen molar-refractivity contribution in [2.45, 2.75) is 96.2 Å². The Morgan fingerprint density at radius 1 is 0.880 bits per heavy atom. The number of unbranched alkanes of at least 4 members (excludes halogenated alkanes) is 5. The van der Waals surface area contributed by atoms with Crippen LogP contribution in [0.25, 0.3) is 0 Å². The molecule has 1 heterocycles. The molecule has 0 aromatic carbocycles. The van der Waals surface area contributed by atoms with Crippen molar-refractivity contribution in [1.29, 1.82) is 0 Å². The minimum Gasteiger partial charge on any atom is -0.481 e. The number of aliphatic carboxylic acids is 1. The molecule has 0 aromatic heterocycles. The van der Waals surface area contributed by atoms with Crippen molar-refractivity contribution in [3.63, 3.8) is 0 Å². The lowest BCUT2D eigenvalue weighted by Crippen LogP contribution is -1.95. The van der Waals surface area contributed by atoms with Crippen molar-refractivity contribution >= 4 is 5.97 Å². The summed E-state index contributed by atoms with van der Waals surface area (Å²) >= 11 is 0. The zero-order valence-electron chi connectivity index (χ0n) is 15.9. The van der Waals surface area contributed by atoms with Gasteiger partial charge in [0.1, 0.15) is 0 Å². The zero-order valence-corrected chi connectivity index (χ0v) is 15.9. The largest absolute Gasteiger partial charge is 0.481 e. The van der Waals surface area contributed by atoms with Crippen LogP contribution >= 0.6 is 0 Å². The van der Waals surface area contributed by atoms with Crippen molar-refractivity contribution in [1.82, 2.24) is 0 Å². The molecule has 0 unspecified atom stereocenters. The van der Waals surface area contributed by atoms with E-state index in [-0.39, 0.29) is 0 Å². The van der Waals surface area contributed by atoms with E-state index in [2.05, 4.69) is 43.4 Å². The Kier molecular flexibility index (Phi) is 13.0. The fourth-order valence-electron chi connectivity index (χ4n) is 2.84. The van der Waals surface area contributed by atoms with Gasteiger partial charge in [0.25, 0.3) is 0 Å². The van der Waals surface area contributed by atoms with Gasteiger partial charge in [0.15, 0.2) is 0 Å². The minimum atomic E-state index is -0.692. The third-order valence-electron chi connectivity index (χ3n) is 4.45. The topological polar surface area (TPSA) is 49.8 Å². The van der Waals surface area contributed by atoms with E-state index in [0.717, 1.165) is 44.9 Å². The number of allylic oxidation sites excluding steroid dienone is 5. The van der Waals surface area contributed by atoms with Crippen molar-refractivity contribution in [2.75, 3.05) is 0 Å². The summed E-state index contributed by atoms with van der Waals surface area (Å²) < 4.78 is 5.65. The first kappa shape index (κ1) is 21.7. The predicted molar refractivity (Wildman–Crippen MR) is 105 cm³/mol. The molecule has 0 aromatic rings. The number of epoxide rings is 1. The molecule has 1 saturated heterocycles. The summed E-state index contributed by atoms with van der Waals surface area (Å²) in [5.41, 5.74) is 0. The molecule has 1 N–H and O–H groups in total. The maximum absolute atomic E-state index is 10.4. The molecule has 1 aliphatic heterocycles. The third kappa shape index (κ3) is 13.6. The van der Waals surface area contributed by atoms with E-state index < -0.39 is 5.97 Å². The summed E-state index contributed by atoms with van der Waals surface area (Å²) in [4.78, 5) is 10.4. The maximum Gasteiger partial charge on any atom is 0.303 e. The summed E-state index contributed by atoms with van der Waals surface area (Å²) in [6.07, 6.45) is 26.6. The predicted octanol–water partition coefficient (Wildman–Crippen LogP) is 6.21. The number of hydrogen-bond acceptors (Lipinski definition) is 2. The lowest BCUT2D eigenvalue weighted by molar-refractivity contribution is -0.137. The second-order valence-electron chi connectivity index (χ2n) is 6.82. The first-order valence-corrected chi connectivity index (χ1v) is 10.1. The number of carbonyl (C=O) groups is 1. The molecule has 142 valence electrons. The summed E-state index contributed by atoms with van der Waals surface area (Å²) in [5.74, 6) is -0.692. The summed E-state index contributed by atoms with van der Waals surface area (Å²) in [6, 6.07) is 0. The van der Waals surface area contributed by atoms with Gasteiger partial charge in [0.2, 0.25) is 0 Å². The van der Waals surface area contributed by atoms with E-state index in [1.54, 1.807) is 0 Å². The van der Waals surface area contributed by atoms with E-state index in [4.69, 9.17) is 9.84 Å². The fourth-order valence-corrected chi connectivity index (χ4v) is 2.84. The lowest BCUT2D eigenvalue weighted by Gasteiger charge is -1.96. The normalized spacial score (nSPS) is 20.2. The standard InChI is InChI=1S/C22H36O3/c1-2-3-4-5-6-7-8-9-10-11-12-14-17-20-21(25-20)18-15-13-16-19-22(23)24/h6-7,9-10,12,14,20-21H,2-5,8,11,13,15-19H2,1H3,(H,23,24)/b7-6-,10-9-,14-12-/t20-,21+/m1/s1. The molecule has 1 aliphatic rings. The highest BCUT2D eigenvalue weighted by atomic mass is 16.6. The number of carboxylic acids is 1. The molecule has 1 rings (SSSR count). The molecular weight excluding hydrogens is 312 g/mol. The molecule has 0 amide bonds. The van der Waals surface area contributed by atoms with Crippen LogP contribution in [0.4, 0.5) is 0 Å².